The Morgan fingerprint density at radius 1 is 0.968 bits per heavy atom. The monoisotopic (exact) mass is 426 g/mol. The van der Waals surface area contributed by atoms with Gasteiger partial charge in [0.05, 0.1) is 0 Å². The van der Waals surface area contributed by atoms with Crippen LogP contribution in [0, 0.1) is 12.8 Å². The number of aryl methyl sites for hydroxylation is 1. The molecule has 4 N–H and O–H groups in total. The van der Waals surface area contributed by atoms with E-state index in [-0.39, 0.29) is 17.4 Å². The molecule has 166 valence electrons. The van der Waals surface area contributed by atoms with Gasteiger partial charge in [-0.15, -0.1) is 0 Å². The van der Waals surface area contributed by atoms with Crippen molar-refractivity contribution in [1.82, 2.24) is 0 Å². The van der Waals surface area contributed by atoms with Gasteiger partial charge in [0.2, 0.25) is 22.4 Å². The maximum Gasteiger partial charge on any atom is 0.224 e. The number of rotatable bonds is 2. The minimum absolute atomic E-state index is 0.193. The van der Waals surface area contributed by atoms with Crippen LogP contribution in [0.2, 0.25) is 0 Å². The van der Waals surface area contributed by atoms with Crippen LogP contribution < -0.4 is 10.9 Å². The number of fused-ring (bicyclic) bond motifs is 1. The molecule has 0 spiro atoms. The molecular formula is C25H30O6. The fraction of sp³-hybridized carbons (Fsp3) is 0.360. The molecule has 2 aromatic carbocycles. The summed E-state index contributed by atoms with van der Waals surface area (Å²) in [5.41, 5.74) is 3.36. The van der Waals surface area contributed by atoms with Crippen molar-refractivity contribution in [3.05, 3.63) is 79.1 Å². The third-order valence-corrected chi connectivity index (χ3v) is 5.70. The van der Waals surface area contributed by atoms with E-state index in [0.717, 1.165) is 35.1 Å². The predicted octanol–water partition coefficient (Wildman–Crippen LogP) is 4.03. The van der Waals surface area contributed by atoms with Gasteiger partial charge in [-0.25, -0.2) is 0 Å². The SMILES string of the molecule is C=C(C)C1CCc2c(O)c(O)c(=O)cc(C)c2C1.CC(C)c1ccc(O)c(O)c(=O)c1. The molecule has 1 atom stereocenters. The third-order valence-electron chi connectivity index (χ3n) is 5.70. The zero-order valence-electron chi connectivity index (χ0n) is 18.4. The zero-order chi connectivity index (χ0) is 23.5. The largest absolute Gasteiger partial charge is 0.504 e. The molecule has 0 aliphatic heterocycles. The van der Waals surface area contributed by atoms with Crippen molar-refractivity contribution in [2.45, 2.75) is 52.9 Å². The van der Waals surface area contributed by atoms with Gasteiger partial charge in [0, 0.05) is 5.56 Å². The van der Waals surface area contributed by atoms with Crippen LogP contribution in [0.5, 0.6) is 23.0 Å². The summed E-state index contributed by atoms with van der Waals surface area (Å²) in [5.74, 6) is -1.17. The van der Waals surface area contributed by atoms with Crippen molar-refractivity contribution < 1.29 is 20.4 Å². The Kier molecular flexibility index (Phi) is 7.50. The van der Waals surface area contributed by atoms with Crippen molar-refractivity contribution in [3.8, 4) is 23.0 Å². The van der Waals surface area contributed by atoms with Gasteiger partial charge in [0.1, 0.15) is 0 Å². The molecule has 3 rings (SSSR count). The Morgan fingerprint density at radius 2 is 1.58 bits per heavy atom. The van der Waals surface area contributed by atoms with E-state index >= 15 is 0 Å². The van der Waals surface area contributed by atoms with Gasteiger partial charge in [0.25, 0.3) is 0 Å². The summed E-state index contributed by atoms with van der Waals surface area (Å²) in [6.07, 6.45) is 2.34. The fourth-order valence-corrected chi connectivity index (χ4v) is 3.64. The first-order chi connectivity index (χ1) is 14.4. The minimum atomic E-state index is -0.591. The van der Waals surface area contributed by atoms with E-state index < -0.39 is 22.4 Å². The van der Waals surface area contributed by atoms with Gasteiger partial charge in [-0.2, -0.15) is 0 Å². The molecule has 0 radical (unpaired) electrons. The standard InChI is InChI=1S/C15H18O3.C10H12O3/c1-8(2)10-4-5-11-12(7-10)9(3)6-13(16)15(18)14(11)17;1-6(2)7-3-4-8(11)10(13)9(12)5-7/h6,10H,1,4-5,7H2,2-3H3,(H2,16,17,18);3-6H,1-2H3,(H2,11,12,13). The zero-order valence-corrected chi connectivity index (χ0v) is 18.4. The molecule has 31 heavy (non-hydrogen) atoms. The summed E-state index contributed by atoms with van der Waals surface area (Å²) in [7, 11) is 0. The number of hydrogen-bond acceptors (Lipinski definition) is 6. The molecule has 0 fully saturated rings. The van der Waals surface area contributed by atoms with Crippen molar-refractivity contribution in [2.24, 2.45) is 5.92 Å². The lowest BCUT2D eigenvalue weighted by Gasteiger charge is -2.25. The second kappa shape index (κ2) is 9.69. The van der Waals surface area contributed by atoms with Crippen molar-refractivity contribution >= 4 is 0 Å². The quantitative estimate of drug-likeness (QED) is 0.539. The van der Waals surface area contributed by atoms with Gasteiger partial charge in [-0.3, -0.25) is 9.59 Å². The Labute approximate surface area is 181 Å². The second-order valence-corrected chi connectivity index (χ2v) is 8.36. The van der Waals surface area contributed by atoms with Crippen molar-refractivity contribution in [3.63, 3.8) is 0 Å². The normalized spacial score (nSPS) is 14.9. The molecular weight excluding hydrogens is 396 g/mol. The smallest absolute Gasteiger partial charge is 0.224 e. The summed E-state index contributed by atoms with van der Waals surface area (Å²) in [6.45, 7) is 11.7. The van der Waals surface area contributed by atoms with E-state index in [4.69, 9.17) is 10.2 Å². The first kappa shape index (κ1) is 24.0. The van der Waals surface area contributed by atoms with Crippen LogP contribution in [-0.4, -0.2) is 20.4 Å². The van der Waals surface area contributed by atoms with Crippen LogP contribution in [0.25, 0.3) is 0 Å². The summed E-state index contributed by atoms with van der Waals surface area (Å²) in [5, 5.41) is 37.8. The van der Waals surface area contributed by atoms with Crippen LogP contribution in [0.4, 0.5) is 0 Å². The Bertz CT molecular complexity index is 1120. The van der Waals surface area contributed by atoms with Crippen LogP contribution in [0.3, 0.4) is 0 Å². The van der Waals surface area contributed by atoms with Crippen LogP contribution >= 0.6 is 0 Å². The molecule has 1 aliphatic carbocycles. The van der Waals surface area contributed by atoms with Crippen LogP contribution in [-0.2, 0) is 12.8 Å². The first-order valence-corrected chi connectivity index (χ1v) is 10.2. The van der Waals surface area contributed by atoms with Crippen LogP contribution in [0.15, 0.2) is 46.0 Å². The maximum absolute atomic E-state index is 11.6. The summed E-state index contributed by atoms with van der Waals surface area (Å²) < 4.78 is 0. The predicted molar refractivity (Wildman–Crippen MR) is 121 cm³/mol. The van der Waals surface area contributed by atoms with Gasteiger partial charge in [-0.1, -0.05) is 32.1 Å². The highest BCUT2D eigenvalue weighted by atomic mass is 16.3. The van der Waals surface area contributed by atoms with E-state index in [2.05, 4.69) is 6.58 Å². The third kappa shape index (κ3) is 5.45. The molecule has 0 amide bonds. The average Bonchev–Trinajstić information content (AvgIpc) is 2.90. The van der Waals surface area contributed by atoms with Gasteiger partial charge in [0.15, 0.2) is 11.5 Å². The fourth-order valence-electron chi connectivity index (χ4n) is 3.64. The van der Waals surface area contributed by atoms with Gasteiger partial charge >= 0.3 is 0 Å². The summed E-state index contributed by atoms with van der Waals surface area (Å²) in [4.78, 5) is 22.8. The molecule has 6 heteroatoms. The van der Waals surface area contributed by atoms with E-state index in [0.29, 0.717) is 17.9 Å². The number of aromatic hydroxyl groups is 4. The Morgan fingerprint density at radius 3 is 2.16 bits per heavy atom. The Balaban J connectivity index is 0.000000233. The lowest BCUT2D eigenvalue weighted by Crippen LogP contribution is -2.15. The maximum atomic E-state index is 11.6. The molecule has 1 unspecified atom stereocenters. The molecule has 0 heterocycles. The molecule has 0 bridgehead atoms. The van der Waals surface area contributed by atoms with Gasteiger partial charge < -0.3 is 20.4 Å². The van der Waals surface area contributed by atoms with E-state index in [1.165, 1.54) is 18.2 Å². The van der Waals surface area contributed by atoms with E-state index in [1.807, 2.05) is 27.7 Å². The van der Waals surface area contributed by atoms with Crippen LogP contribution in [0.1, 0.15) is 55.4 Å². The number of allylic oxidation sites excluding steroid dienone is 1. The van der Waals surface area contributed by atoms with Crippen molar-refractivity contribution in [2.75, 3.05) is 0 Å². The van der Waals surface area contributed by atoms with E-state index in [9.17, 15) is 19.8 Å². The molecule has 0 saturated heterocycles. The highest BCUT2D eigenvalue weighted by Crippen LogP contribution is 2.37. The molecule has 6 nitrogen and oxygen atoms in total. The first-order valence-electron chi connectivity index (χ1n) is 10.2. The summed E-state index contributed by atoms with van der Waals surface area (Å²) >= 11 is 0. The number of hydrogen-bond donors (Lipinski definition) is 4. The lowest BCUT2D eigenvalue weighted by molar-refractivity contribution is 0.392. The lowest BCUT2D eigenvalue weighted by atomic mass is 9.80. The molecule has 2 aromatic rings. The second-order valence-electron chi connectivity index (χ2n) is 8.36. The molecule has 1 aliphatic rings. The van der Waals surface area contributed by atoms with Crippen molar-refractivity contribution in [1.29, 1.82) is 0 Å². The molecule has 0 saturated carbocycles. The Hall–Kier alpha value is -3.28. The highest BCUT2D eigenvalue weighted by Gasteiger charge is 2.24. The molecule has 0 aromatic heterocycles. The van der Waals surface area contributed by atoms with E-state index in [1.54, 1.807) is 6.07 Å². The minimum Gasteiger partial charge on any atom is -0.504 e. The topological polar surface area (TPSA) is 115 Å². The van der Waals surface area contributed by atoms with Gasteiger partial charge in [-0.05, 0) is 79.8 Å². The highest BCUT2D eigenvalue weighted by molar-refractivity contribution is 5.51. The average molecular weight is 427 g/mol. The summed E-state index contributed by atoms with van der Waals surface area (Å²) in [6, 6.07) is 5.68.